The normalized spacial score (nSPS) is 10.4. The lowest BCUT2D eigenvalue weighted by Gasteiger charge is -2.15. The number of carboxylic acid groups (broad SMARTS) is 1. The van der Waals surface area contributed by atoms with Gasteiger partial charge in [0.25, 0.3) is 16.0 Å². The third-order valence-corrected chi connectivity index (χ3v) is 4.37. The molecule has 3 aromatic carbocycles. The van der Waals surface area contributed by atoms with Crippen molar-refractivity contribution in [1.29, 1.82) is 5.41 Å². The van der Waals surface area contributed by atoms with Gasteiger partial charge in [-0.25, -0.2) is 4.79 Å². The second-order valence-corrected chi connectivity index (χ2v) is 8.38. The molecule has 0 spiro atoms. The summed E-state index contributed by atoms with van der Waals surface area (Å²) in [5, 5.41) is 19.8. The first kappa shape index (κ1) is 26.0. The highest BCUT2D eigenvalue weighted by atomic mass is 32.2. The van der Waals surface area contributed by atoms with Crippen molar-refractivity contribution in [3.8, 4) is 16.9 Å². The number of carboxylic acids is 1. The fourth-order valence-electron chi connectivity index (χ4n) is 2.99. The molecule has 0 saturated carbocycles. The number of carbonyl (C=O) groups is 2. The van der Waals surface area contributed by atoms with E-state index in [1.807, 2.05) is 0 Å². The molecule has 0 aliphatic carbocycles. The van der Waals surface area contributed by atoms with Crippen LogP contribution in [0.1, 0.15) is 26.3 Å². The molecule has 11 heteroatoms. The number of benzene rings is 3. The van der Waals surface area contributed by atoms with Gasteiger partial charge in [0, 0.05) is 22.4 Å². The Morgan fingerprint density at radius 1 is 0.971 bits per heavy atom. The molecule has 34 heavy (non-hydrogen) atoms. The largest absolute Gasteiger partial charge is 0.496 e. The molecule has 6 N–H and O–H groups in total. The topological polar surface area (TPSA) is 180 Å². The van der Waals surface area contributed by atoms with E-state index in [9.17, 15) is 23.1 Å². The molecule has 0 radical (unpaired) electrons. The van der Waals surface area contributed by atoms with E-state index in [2.05, 4.69) is 5.32 Å². The fraction of sp³-hybridized carbons (Fsp3) is 0.0870. The molecule has 3 aromatic rings. The van der Waals surface area contributed by atoms with E-state index in [0.717, 1.165) is 0 Å². The van der Waals surface area contributed by atoms with Crippen molar-refractivity contribution in [3.05, 3.63) is 83.4 Å². The summed E-state index contributed by atoms with van der Waals surface area (Å²) in [6.07, 6.45) is 0.715. The van der Waals surface area contributed by atoms with Crippen LogP contribution in [-0.4, -0.2) is 49.2 Å². The number of carbonyl (C=O) groups excluding carboxylic acids is 1. The predicted molar refractivity (Wildman–Crippen MR) is 128 cm³/mol. The number of rotatable bonds is 6. The number of nitrogen functional groups attached to an aromatic ring is 1. The minimum Gasteiger partial charge on any atom is -0.496 e. The molecule has 0 bridgehead atoms. The van der Waals surface area contributed by atoms with Gasteiger partial charge in [-0.3, -0.25) is 14.8 Å². The van der Waals surface area contributed by atoms with Gasteiger partial charge in [-0.05, 0) is 48.0 Å². The predicted octanol–water partition coefficient (Wildman–Crippen LogP) is 3.10. The van der Waals surface area contributed by atoms with Gasteiger partial charge in [0.1, 0.15) is 11.6 Å². The first-order valence-electron chi connectivity index (χ1n) is 9.60. The number of methoxy groups -OCH3 is 1. The van der Waals surface area contributed by atoms with Crippen molar-refractivity contribution < 1.29 is 32.4 Å². The number of aromatic carboxylic acids is 1. The Bertz CT molecular complexity index is 1310. The Kier molecular flexibility index (Phi) is 8.48. The number of anilines is 1. The van der Waals surface area contributed by atoms with Crippen molar-refractivity contribution >= 4 is 33.5 Å². The maximum atomic E-state index is 12.9. The van der Waals surface area contributed by atoms with Crippen molar-refractivity contribution in [2.45, 2.75) is 0 Å². The molecule has 0 aliphatic rings. The highest BCUT2D eigenvalue weighted by Gasteiger charge is 2.21. The molecule has 1 amide bonds. The average Bonchev–Trinajstić information content (AvgIpc) is 2.77. The fourth-order valence-corrected chi connectivity index (χ4v) is 2.99. The van der Waals surface area contributed by atoms with Crippen molar-refractivity contribution in [2.24, 2.45) is 5.73 Å². The average molecular weight is 486 g/mol. The summed E-state index contributed by atoms with van der Waals surface area (Å²) in [5.41, 5.74) is 7.63. The number of ether oxygens (including phenoxy) is 1. The second-order valence-electron chi connectivity index (χ2n) is 6.91. The number of hydrogen-bond acceptors (Lipinski definition) is 6. The Labute approximate surface area is 196 Å². The van der Waals surface area contributed by atoms with Crippen LogP contribution >= 0.6 is 0 Å². The van der Waals surface area contributed by atoms with Crippen LogP contribution in [0.2, 0.25) is 0 Å². The summed E-state index contributed by atoms with van der Waals surface area (Å²) in [4.78, 5) is 24.7. The molecule has 0 fully saturated rings. The van der Waals surface area contributed by atoms with Crippen LogP contribution in [0.15, 0.2) is 66.7 Å². The van der Waals surface area contributed by atoms with E-state index in [1.165, 1.54) is 13.2 Å². The third kappa shape index (κ3) is 7.15. The van der Waals surface area contributed by atoms with Crippen molar-refractivity contribution in [3.63, 3.8) is 0 Å². The third-order valence-electron chi connectivity index (χ3n) is 4.37. The lowest BCUT2D eigenvalue weighted by molar-refractivity contribution is 0.0697. The summed E-state index contributed by atoms with van der Waals surface area (Å²) in [7, 11) is -2.22. The van der Waals surface area contributed by atoms with E-state index in [-0.39, 0.29) is 11.4 Å². The Morgan fingerprint density at radius 3 is 2.06 bits per heavy atom. The zero-order valence-electron chi connectivity index (χ0n) is 18.3. The van der Waals surface area contributed by atoms with Crippen LogP contribution < -0.4 is 15.8 Å². The number of amides is 1. The molecule has 0 heterocycles. The van der Waals surface area contributed by atoms with E-state index in [0.29, 0.717) is 39.9 Å². The number of hydrogen-bond donors (Lipinski definition) is 5. The summed E-state index contributed by atoms with van der Waals surface area (Å²) in [6, 6.07) is 18.0. The highest BCUT2D eigenvalue weighted by Crippen LogP contribution is 2.36. The Hall–Kier alpha value is -4.22. The van der Waals surface area contributed by atoms with Gasteiger partial charge in [0.15, 0.2) is 0 Å². The van der Waals surface area contributed by atoms with E-state index in [1.54, 1.807) is 60.7 Å². The van der Waals surface area contributed by atoms with E-state index in [4.69, 9.17) is 20.4 Å². The quantitative estimate of drug-likeness (QED) is 0.201. The van der Waals surface area contributed by atoms with Gasteiger partial charge >= 0.3 is 5.97 Å². The van der Waals surface area contributed by atoms with Crippen LogP contribution in [0, 0.1) is 5.41 Å². The van der Waals surface area contributed by atoms with Crippen molar-refractivity contribution in [2.75, 3.05) is 18.7 Å². The van der Waals surface area contributed by atoms with Gasteiger partial charge < -0.3 is 20.9 Å². The first-order chi connectivity index (χ1) is 15.9. The smallest absolute Gasteiger partial charge is 0.336 e. The molecular formula is C23H23N3O7S. The number of nitrogens with two attached hydrogens (primary N) is 1. The van der Waals surface area contributed by atoms with Crippen molar-refractivity contribution in [1.82, 2.24) is 0 Å². The minimum absolute atomic E-state index is 0.0374. The van der Waals surface area contributed by atoms with Gasteiger partial charge in [0.05, 0.1) is 18.9 Å². The molecule has 0 unspecified atom stereocenters. The SMILES string of the molecule is COc1cccc(C(=O)O)c1-c1ccccc1C(=O)Nc1ccc(C(=N)N)cc1.CS(=O)(=O)O. The summed E-state index contributed by atoms with van der Waals surface area (Å²) < 4.78 is 31.2. The molecular weight excluding hydrogens is 462 g/mol. The molecule has 0 aliphatic heterocycles. The first-order valence-corrected chi connectivity index (χ1v) is 11.4. The molecule has 0 atom stereocenters. The zero-order valence-corrected chi connectivity index (χ0v) is 19.1. The second kappa shape index (κ2) is 11.1. The summed E-state index contributed by atoms with van der Waals surface area (Å²) >= 11 is 0. The zero-order chi connectivity index (χ0) is 25.5. The molecule has 178 valence electrons. The Balaban J connectivity index is 0.000000739. The monoisotopic (exact) mass is 485 g/mol. The maximum Gasteiger partial charge on any atom is 0.336 e. The van der Waals surface area contributed by atoms with Crippen LogP contribution in [0.5, 0.6) is 5.75 Å². The van der Waals surface area contributed by atoms with Gasteiger partial charge in [-0.1, -0.05) is 24.3 Å². The lowest BCUT2D eigenvalue weighted by Crippen LogP contribution is -2.15. The highest BCUT2D eigenvalue weighted by molar-refractivity contribution is 7.85. The number of nitrogens with one attached hydrogen (secondary N) is 2. The van der Waals surface area contributed by atoms with Gasteiger partial charge in [0.2, 0.25) is 0 Å². The minimum atomic E-state index is -3.67. The van der Waals surface area contributed by atoms with E-state index >= 15 is 0 Å². The number of amidine groups is 1. The van der Waals surface area contributed by atoms with Gasteiger partial charge in [-0.15, -0.1) is 0 Å². The molecule has 10 nitrogen and oxygen atoms in total. The van der Waals surface area contributed by atoms with Crippen LogP contribution in [-0.2, 0) is 10.1 Å². The molecule has 0 saturated heterocycles. The Morgan fingerprint density at radius 2 is 1.53 bits per heavy atom. The summed E-state index contributed by atoms with van der Waals surface area (Å²) in [6.45, 7) is 0. The lowest BCUT2D eigenvalue weighted by atomic mass is 9.94. The standard InChI is InChI=1S/C22H19N3O4.CH4O3S/c1-29-18-8-4-7-17(22(27)28)19(18)15-5-2-3-6-16(15)21(26)25-14-11-9-13(10-12-14)20(23)24;1-5(2,3)4/h2-12H,1H3,(H3,23,24)(H,25,26)(H,27,28);1H3,(H,2,3,4). The summed E-state index contributed by atoms with van der Waals surface area (Å²) in [5.74, 6) is -1.23. The van der Waals surface area contributed by atoms with Crippen LogP contribution in [0.3, 0.4) is 0 Å². The molecule has 3 rings (SSSR count). The maximum absolute atomic E-state index is 12.9. The molecule has 0 aromatic heterocycles. The van der Waals surface area contributed by atoms with Crippen LogP contribution in [0.4, 0.5) is 5.69 Å². The van der Waals surface area contributed by atoms with Gasteiger partial charge in [-0.2, -0.15) is 8.42 Å². The van der Waals surface area contributed by atoms with Crippen LogP contribution in [0.25, 0.3) is 11.1 Å². The van der Waals surface area contributed by atoms with E-state index < -0.39 is 22.0 Å².